The second-order valence-corrected chi connectivity index (χ2v) is 1.43. The Hall–Kier alpha value is -1.25. The molecule has 0 saturated carbocycles. The quantitative estimate of drug-likeness (QED) is 0.458. The highest BCUT2D eigenvalue weighted by Gasteiger charge is 1.93. The summed E-state index contributed by atoms with van der Waals surface area (Å²) in [7, 11) is 0. The van der Waals surface area contributed by atoms with Crippen LogP contribution in [0.4, 0.5) is 0 Å². The van der Waals surface area contributed by atoms with E-state index in [2.05, 4.69) is 4.98 Å². The van der Waals surface area contributed by atoms with Crippen molar-refractivity contribution >= 4 is 6.21 Å². The van der Waals surface area contributed by atoms with Crippen molar-refractivity contribution in [2.75, 3.05) is 0 Å². The van der Waals surface area contributed by atoms with Crippen molar-refractivity contribution in [2.45, 2.75) is 0 Å². The average Bonchev–Trinajstić information content (AvgIpc) is 2.14. The van der Waals surface area contributed by atoms with E-state index in [0.29, 0.717) is 5.56 Å². The van der Waals surface area contributed by atoms with Crippen molar-refractivity contribution < 1.29 is 5.11 Å². The van der Waals surface area contributed by atoms with Crippen LogP contribution in [0.2, 0.25) is 0 Å². The second kappa shape index (κ2) is 1.69. The molecular weight excluding hydrogens is 104 g/mol. The van der Waals surface area contributed by atoms with Crippen molar-refractivity contribution in [1.29, 1.82) is 5.41 Å². The minimum Gasteiger partial charge on any atom is -0.494 e. The van der Waals surface area contributed by atoms with Gasteiger partial charge in [0.1, 0.15) is 0 Å². The Balaban J connectivity index is 3.09. The van der Waals surface area contributed by atoms with Gasteiger partial charge >= 0.3 is 0 Å². The number of nitrogens with one attached hydrogen (secondary N) is 2. The van der Waals surface area contributed by atoms with Crippen LogP contribution in [0.5, 0.6) is 5.88 Å². The molecule has 0 bridgehead atoms. The van der Waals surface area contributed by atoms with Crippen LogP contribution in [0.25, 0.3) is 0 Å². The van der Waals surface area contributed by atoms with Crippen molar-refractivity contribution in [2.24, 2.45) is 0 Å². The highest BCUT2D eigenvalue weighted by Crippen LogP contribution is 2.08. The largest absolute Gasteiger partial charge is 0.494 e. The number of H-pyrrole nitrogens is 1. The molecule has 1 aromatic rings. The molecule has 0 saturated heterocycles. The Bertz CT molecular complexity index is 192. The first kappa shape index (κ1) is 4.90. The molecule has 1 heterocycles. The molecule has 0 atom stereocenters. The summed E-state index contributed by atoms with van der Waals surface area (Å²) in [4.78, 5) is 2.52. The van der Waals surface area contributed by atoms with Gasteiger partial charge in [-0.05, 0) is 6.07 Å². The zero-order chi connectivity index (χ0) is 5.98. The molecule has 0 aliphatic heterocycles. The van der Waals surface area contributed by atoms with E-state index < -0.39 is 0 Å². The number of rotatable bonds is 1. The lowest BCUT2D eigenvalue weighted by molar-refractivity contribution is 0.456. The first-order valence-electron chi connectivity index (χ1n) is 2.21. The summed E-state index contributed by atoms with van der Waals surface area (Å²) in [6.45, 7) is 0. The summed E-state index contributed by atoms with van der Waals surface area (Å²) in [5, 5.41) is 15.4. The van der Waals surface area contributed by atoms with Gasteiger partial charge < -0.3 is 15.5 Å². The summed E-state index contributed by atoms with van der Waals surface area (Å²) in [6.07, 6.45) is 2.67. The molecule has 0 aromatic carbocycles. The summed E-state index contributed by atoms with van der Waals surface area (Å²) in [6, 6.07) is 1.63. The van der Waals surface area contributed by atoms with Gasteiger partial charge in [0.2, 0.25) is 0 Å². The van der Waals surface area contributed by atoms with Crippen LogP contribution >= 0.6 is 0 Å². The number of aromatic amines is 1. The molecule has 8 heavy (non-hydrogen) atoms. The van der Waals surface area contributed by atoms with Crippen LogP contribution in [-0.4, -0.2) is 16.3 Å². The number of hydrogen-bond donors (Lipinski definition) is 3. The molecular formula is C5H6N2O. The van der Waals surface area contributed by atoms with Gasteiger partial charge in [0.05, 0.1) is 5.56 Å². The van der Waals surface area contributed by atoms with E-state index in [-0.39, 0.29) is 5.88 Å². The molecule has 0 aliphatic carbocycles. The maximum Gasteiger partial charge on any atom is 0.197 e. The van der Waals surface area contributed by atoms with E-state index >= 15 is 0 Å². The minimum absolute atomic E-state index is 0.0556. The van der Waals surface area contributed by atoms with Crippen LogP contribution in [-0.2, 0) is 0 Å². The molecule has 3 heteroatoms. The molecule has 0 radical (unpaired) electrons. The fourth-order valence-electron chi connectivity index (χ4n) is 0.489. The fraction of sp³-hybridized carbons (Fsp3) is 0. The van der Waals surface area contributed by atoms with Crippen LogP contribution < -0.4 is 0 Å². The lowest BCUT2D eigenvalue weighted by Gasteiger charge is -1.81. The monoisotopic (exact) mass is 110 g/mol. The van der Waals surface area contributed by atoms with Crippen LogP contribution in [0.15, 0.2) is 12.3 Å². The molecule has 3 nitrogen and oxygen atoms in total. The summed E-state index contributed by atoms with van der Waals surface area (Å²) < 4.78 is 0. The summed E-state index contributed by atoms with van der Waals surface area (Å²) in [5.41, 5.74) is 0.519. The van der Waals surface area contributed by atoms with E-state index in [0.717, 1.165) is 6.21 Å². The predicted molar refractivity (Wildman–Crippen MR) is 30.3 cm³/mol. The Morgan fingerprint density at radius 1 is 1.75 bits per heavy atom. The number of aromatic hydroxyl groups is 1. The van der Waals surface area contributed by atoms with Gasteiger partial charge in [-0.2, -0.15) is 0 Å². The first-order valence-corrected chi connectivity index (χ1v) is 2.21. The van der Waals surface area contributed by atoms with E-state index in [1.54, 1.807) is 12.3 Å². The Labute approximate surface area is 46.5 Å². The zero-order valence-corrected chi connectivity index (χ0v) is 4.18. The van der Waals surface area contributed by atoms with Gasteiger partial charge in [0, 0.05) is 12.4 Å². The molecule has 42 valence electrons. The third kappa shape index (κ3) is 0.578. The van der Waals surface area contributed by atoms with Crippen molar-refractivity contribution in [3.63, 3.8) is 0 Å². The summed E-state index contributed by atoms with van der Waals surface area (Å²) >= 11 is 0. The summed E-state index contributed by atoms with van der Waals surface area (Å²) in [5.74, 6) is 0.0556. The number of hydrogen-bond acceptors (Lipinski definition) is 2. The Morgan fingerprint density at radius 3 is 2.75 bits per heavy atom. The maximum atomic E-state index is 8.74. The predicted octanol–water partition coefficient (Wildman–Crippen LogP) is 0.718. The molecule has 0 fully saturated rings. The standard InChI is InChI=1S/C5H6N2O/c6-3-4-1-2-7-5(4)8/h1-3,6-8H. The van der Waals surface area contributed by atoms with E-state index in [1.807, 2.05) is 0 Å². The molecule has 0 amide bonds. The van der Waals surface area contributed by atoms with Crippen LogP contribution in [0, 0.1) is 5.41 Å². The SMILES string of the molecule is N=Cc1cc[nH]c1O. The van der Waals surface area contributed by atoms with Gasteiger partial charge in [-0.25, -0.2) is 0 Å². The lowest BCUT2D eigenvalue weighted by Crippen LogP contribution is -1.71. The van der Waals surface area contributed by atoms with Crippen molar-refractivity contribution in [1.82, 2.24) is 4.98 Å². The molecule has 1 rings (SSSR count). The van der Waals surface area contributed by atoms with E-state index in [1.165, 1.54) is 0 Å². The van der Waals surface area contributed by atoms with E-state index in [9.17, 15) is 0 Å². The molecule has 0 aliphatic rings. The van der Waals surface area contributed by atoms with Gasteiger partial charge in [0.25, 0.3) is 0 Å². The highest BCUT2D eigenvalue weighted by atomic mass is 16.3. The van der Waals surface area contributed by atoms with Gasteiger partial charge in [-0.3, -0.25) is 0 Å². The maximum absolute atomic E-state index is 8.74. The normalized spacial score (nSPS) is 9.00. The van der Waals surface area contributed by atoms with Crippen LogP contribution in [0.1, 0.15) is 5.56 Å². The molecule has 0 spiro atoms. The first-order chi connectivity index (χ1) is 3.84. The highest BCUT2D eigenvalue weighted by molar-refractivity contribution is 5.79. The van der Waals surface area contributed by atoms with Crippen molar-refractivity contribution in [3.8, 4) is 5.88 Å². The fourth-order valence-corrected chi connectivity index (χ4v) is 0.489. The average molecular weight is 110 g/mol. The van der Waals surface area contributed by atoms with Gasteiger partial charge in [-0.15, -0.1) is 0 Å². The van der Waals surface area contributed by atoms with Crippen molar-refractivity contribution in [3.05, 3.63) is 17.8 Å². The van der Waals surface area contributed by atoms with Gasteiger partial charge in [-0.1, -0.05) is 0 Å². The molecule has 0 unspecified atom stereocenters. The third-order valence-electron chi connectivity index (χ3n) is 0.912. The second-order valence-electron chi connectivity index (χ2n) is 1.43. The zero-order valence-electron chi connectivity index (χ0n) is 4.18. The smallest absolute Gasteiger partial charge is 0.197 e. The topological polar surface area (TPSA) is 59.9 Å². The minimum atomic E-state index is 0.0556. The Kier molecular flexibility index (Phi) is 1.04. The molecule has 3 N–H and O–H groups in total. The van der Waals surface area contributed by atoms with Crippen LogP contribution in [0.3, 0.4) is 0 Å². The van der Waals surface area contributed by atoms with Gasteiger partial charge in [0.15, 0.2) is 5.88 Å². The Morgan fingerprint density at radius 2 is 2.50 bits per heavy atom. The number of aromatic nitrogens is 1. The molecule has 1 aromatic heterocycles. The lowest BCUT2D eigenvalue weighted by atomic mass is 10.4. The van der Waals surface area contributed by atoms with E-state index in [4.69, 9.17) is 10.5 Å². The third-order valence-corrected chi connectivity index (χ3v) is 0.912.